The van der Waals surface area contributed by atoms with Crippen molar-refractivity contribution in [2.75, 3.05) is 19.0 Å². The van der Waals surface area contributed by atoms with E-state index in [-0.39, 0.29) is 0 Å². The van der Waals surface area contributed by atoms with Crippen LogP contribution < -0.4 is 14.8 Å². The molecule has 1 aromatic carbocycles. The Morgan fingerprint density at radius 3 is 2.47 bits per heavy atom. The number of rotatable bonds is 6. The fourth-order valence-electron chi connectivity index (χ4n) is 1.67. The Labute approximate surface area is 113 Å². The predicted octanol–water partition coefficient (Wildman–Crippen LogP) is 3.10. The van der Waals surface area contributed by atoms with Gasteiger partial charge < -0.3 is 14.8 Å². The van der Waals surface area contributed by atoms with Crippen LogP contribution in [0.25, 0.3) is 0 Å². The summed E-state index contributed by atoms with van der Waals surface area (Å²) in [4.78, 5) is 4.45. The lowest BCUT2D eigenvalue weighted by Gasteiger charge is -2.08. The molecule has 1 aromatic heterocycles. The van der Waals surface area contributed by atoms with Crippen LogP contribution in [0.4, 0.5) is 5.82 Å². The lowest BCUT2D eigenvalue weighted by atomic mass is 10.3. The van der Waals surface area contributed by atoms with Crippen molar-refractivity contribution >= 4 is 5.82 Å². The smallest absolute Gasteiger partial charge is 0.130 e. The van der Waals surface area contributed by atoms with Gasteiger partial charge in [-0.25, -0.2) is 4.98 Å². The maximum atomic E-state index is 5.68. The minimum Gasteiger partial charge on any atom is -0.497 e. The standard InChI is InChI=1S/C15H18N2O2/c1-3-16-15-6-4-5-12(17-15)11-19-14-9-7-13(18-2)8-10-14/h4-10H,3,11H2,1-2H3,(H,16,17). The highest BCUT2D eigenvalue weighted by Gasteiger charge is 1.99. The van der Waals surface area contributed by atoms with E-state index in [1.807, 2.05) is 49.4 Å². The minimum atomic E-state index is 0.450. The van der Waals surface area contributed by atoms with Crippen molar-refractivity contribution in [1.29, 1.82) is 0 Å². The maximum absolute atomic E-state index is 5.68. The number of methoxy groups -OCH3 is 1. The number of benzene rings is 1. The maximum Gasteiger partial charge on any atom is 0.130 e. The van der Waals surface area contributed by atoms with Gasteiger partial charge in [-0.05, 0) is 43.3 Å². The van der Waals surface area contributed by atoms with Crippen LogP contribution in [-0.2, 0) is 6.61 Å². The van der Waals surface area contributed by atoms with Crippen LogP contribution in [0.5, 0.6) is 11.5 Å². The first-order chi connectivity index (χ1) is 9.31. The van der Waals surface area contributed by atoms with Gasteiger partial charge in [0.2, 0.25) is 0 Å². The number of pyridine rings is 1. The fourth-order valence-corrected chi connectivity index (χ4v) is 1.67. The molecule has 2 aromatic rings. The van der Waals surface area contributed by atoms with Crippen LogP contribution in [0.3, 0.4) is 0 Å². The Hall–Kier alpha value is -2.23. The van der Waals surface area contributed by atoms with E-state index in [2.05, 4.69) is 10.3 Å². The molecule has 0 aliphatic heterocycles. The third-order valence-corrected chi connectivity index (χ3v) is 2.61. The van der Waals surface area contributed by atoms with E-state index in [1.54, 1.807) is 7.11 Å². The monoisotopic (exact) mass is 258 g/mol. The molecule has 4 nitrogen and oxygen atoms in total. The molecule has 2 rings (SSSR count). The first-order valence-electron chi connectivity index (χ1n) is 6.28. The van der Waals surface area contributed by atoms with E-state index >= 15 is 0 Å². The summed E-state index contributed by atoms with van der Waals surface area (Å²) in [6.45, 7) is 3.35. The number of anilines is 1. The Kier molecular flexibility index (Phi) is 4.61. The first-order valence-corrected chi connectivity index (χ1v) is 6.28. The summed E-state index contributed by atoms with van der Waals surface area (Å²) in [5.74, 6) is 2.49. The van der Waals surface area contributed by atoms with E-state index in [0.717, 1.165) is 29.6 Å². The molecule has 4 heteroatoms. The Morgan fingerprint density at radius 1 is 1.05 bits per heavy atom. The SMILES string of the molecule is CCNc1cccc(COc2ccc(OC)cc2)n1. The summed E-state index contributed by atoms with van der Waals surface area (Å²) in [7, 11) is 1.64. The van der Waals surface area contributed by atoms with Crippen LogP contribution in [-0.4, -0.2) is 18.6 Å². The molecular formula is C15H18N2O2. The average Bonchev–Trinajstić information content (AvgIpc) is 2.46. The summed E-state index contributed by atoms with van der Waals surface area (Å²) < 4.78 is 10.8. The van der Waals surface area contributed by atoms with E-state index in [0.29, 0.717) is 6.61 Å². The van der Waals surface area contributed by atoms with Gasteiger partial charge in [0.1, 0.15) is 23.9 Å². The highest BCUT2D eigenvalue weighted by atomic mass is 16.5. The predicted molar refractivity (Wildman–Crippen MR) is 75.7 cm³/mol. The van der Waals surface area contributed by atoms with Gasteiger partial charge in [-0.3, -0.25) is 0 Å². The molecule has 1 N–H and O–H groups in total. The van der Waals surface area contributed by atoms with E-state index < -0.39 is 0 Å². The number of nitrogens with zero attached hydrogens (tertiary/aromatic N) is 1. The van der Waals surface area contributed by atoms with Crippen molar-refractivity contribution in [2.24, 2.45) is 0 Å². The van der Waals surface area contributed by atoms with Crippen LogP contribution in [0.2, 0.25) is 0 Å². The zero-order valence-electron chi connectivity index (χ0n) is 11.2. The first kappa shape index (κ1) is 13.2. The molecule has 1 heterocycles. The van der Waals surface area contributed by atoms with Crippen molar-refractivity contribution < 1.29 is 9.47 Å². The summed E-state index contributed by atoms with van der Waals surface area (Å²) in [6, 6.07) is 13.4. The molecule has 0 unspecified atom stereocenters. The van der Waals surface area contributed by atoms with Crippen molar-refractivity contribution in [3.05, 3.63) is 48.2 Å². The number of nitrogens with one attached hydrogen (secondary N) is 1. The summed E-state index contributed by atoms with van der Waals surface area (Å²) in [6.07, 6.45) is 0. The highest BCUT2D eigenvalue weighted by Crippen LogP contribution is 2.18. The quantitative estimate of drug-likeness (QED) is 0.864. The summed E-state index contributed by atoms with van der Waals surface area (Å²) in [5, 5.41) is 3.18. The van der Waals surface area contributed by atoms with Gasteiger partial charge in [0.15, 0.2) is 0 Å². The van der Waals surface area contributed by atoms with Gasteiger partial charge in [-0.15, -0.1) is 0 Å². The minimum absolute atomic E-state index is 0.450. The van der Waals surface area contributed by atoms with Crippen molar-refractivity contribution in [2.45, 2.75) is 13.5 Å². The number of hydrogen-bond donors (Lipinski definition) is 1. The second kappa shape index (κ2) is 6.64. The number of ether oxygens (including phenoxy) is 2. The van der Waals surface area contributed by atoms with Crippen molar-refractivity contribution in [3.8, 4) is 11.5 Å². The Balaban J connectivity index is 1.95. The Morgan fingerprint density at radius 2 is 1.79 bits per heavy atom. The third-order valence-electron chi connectivity index (χ3n) is 2.61. The molecule has 0 atom stereocenters. The van der Waals surface area contributed by atoms with Gasteiger partial charge in [0.25, 0.3) is 0 Å². The molecule has 0 aliphatic carbocycles. The molecule has 0 fully saturated rings. The number of aromatic nitrogens is 1. The lowest BCUT2D eigenvalue weighted by Crippen LogP contribution is -2.03. The van der Waals surface area contributed by atoms with Gasteiger partial charge in [0, 0.05) is 6.54 Å². The summed E-state index contributed by atoms with van der Waals surface area (Å²) in [5.41, 5.74) is 0.897. The van der Waals surface area contributed by atoms with E-state index in [1.165, 1.54) is 0 Å². The number of hydrogen-bond acceptors (Lipinski definition) is 4. The van der Waals surface area contributed by atoms with E-state index in [4.69, 9.17) is 9.47 Å². The largest absolute Gasteiger partial charge is 0.497 e. The van der Waals surface area contributed by atoms with Gasteiger partial charge in [-0.1, -0.05) is 6.07 Å². The molecule has 0 radical (unpaired) electrons. The summed E-state index contributed by atoms with van der Waals surface area (Å²) >= 11 is 0. The van der Waals surface area contributed by atoms with E-state index in [9.17, 15) is 0 Å². The normalized spacial score (nSPS) is 10.0. The van der Waals surface area contributed by atoms with Crippen LogP contribution in [0.1, 0.15) is 12.6 Å². The van der Waals surface area contributed by atoms with Crippen molar-refractivity contribution in [3.63, 3.8) is 0 Å². The second-order valence-electron chi connectivity index (χ2n) is 4.01. The van der Waals surface area contributed by atoms with Crippen LogP contribution in [0, 0.1) is 0 Å². The van der Waals surface area contributed by atoms with Crippen LogP contribution >= 0.6 is 0 Å². The van der Waals surface area contributed by atoms with Crippen molar-refractivity contribution in [1.82, 2.24) is 4.98 Å². The van der Waals surface area contributed by atoms with Crippen LogP contribution in [0.15, 0.2) is 42.5 Å². The molecule has 19 heavy (non-hydrogen) atoms. The molecule has 0 saturated carbocycles. The molecule has 0 aliphatic rings. The van der Waals surface area contributed by atoms with Gasteiger partial charge in [-0.2, -0.15) is 0 Å². The van der Waals surface area contributed by atoms with Gasteiger partial charge in [0.05, 0.1) is 12.8 Å². The zero-order valence-corrected chi connectivity index (χ0v) is 11.2. The molecule has 0 bridgehead atoms. The average molecular weight is 258 g/mol. The molecule has 0 amide bonds. The fraction of sp³-hybridized carbons (Fsp3) is 0.267. The molecule has 0 spiro atoms. The zero-order chi connectivity index (χ0) is 13.5. The lowest BCUT2D eigenvalue weighted by molar-refractivity contribution is 0.301. The Bertz CT molecular complexity index is 512. The van der Waals surface area contributed by atoms with Gasteiger partial charge >= 0.3 is 0 Å². The topological polar surface area (TPSA) is 43.4 Å². The molecule has 100 valence electrons. The molecular weight excluding hydrogens is 240 g/mol. The highest BCUT2D eigenvalue weighted by molar-refractivity contribution is 5.35. The molecule has 0 saturated heterocycles. The second-order valence-corrected chi connectivity index (χ2v) is 4.01. The third kappa shape index (κ3) is 3.88.